The van der Waals surface area contributed by atoms with Gasteiger partial charge in [0.05, 0.1) is 5.69 Å². The maximum absolute atomic E-state index is 11.8. The quantitative estimate of drug-likeness (QED) is 0.665. The van der Waals surface area contributed by atoms with E-state index in [1.165, 1.54) is 11.3 Å². The predicted octanol–water partition coefficient (Wildman–Crippen LogP) is 1.34. The summed E-state index contributed by atoms with van der Waals surface area (Å²) in [5, 5.41) is 15.3. The first-order valence-corrected chi connectivity index (χ1v) is 6.98. The van der Waals surface area contributed by atoms with Crippen LogP contribution >= 0.6 is 11.3 Å². The molecule has 1 aromatic heterocycles. The monoisotopic (exact) mass is 306 g/mol. The zero-order valence-corrected chi connectivity index (χ0v) is 11.8. The van der Waals surface area contributed by atoms with E-state index < -0.39 is 18.0 Å². The molecule has 0 fully saturated rings. The van der Waals surface area contributed by atoms with E-state index in [1.807, 2.05) is 35.7 Å². The van der Waals surface area contributed by atoms with Gasteiger partial charge in [-0.05, 0) is 0 Å². The SMILES string of the molecule is NC(CNC(=O)O)C(=O)Nc1nc(-c2ccccc2)cs1. The molecule has 1 aromatic carbocycles. The van der Waals surface area contributed by atoms with Crippen LogP contribution in [0.4, 0.5) is 9.93 Å². The minimum absolute atomic E-state index is 0.155. The van der Waals surface area contributed by atoms with Gasteiger partial charge in [-0.3, -0.25) is 4.79 Å². The number of nitrogens with two attached hydrogens (primary N) is 1. The maximum atomic E-state index is 11.8. The molecule has 2 rings (SSSR count). The number of amides is 2. The Hall–Kier alpha value is -2.45. The molecule has 0 aliphatic carbocycles. The van der Waals surface area contributed by atoms with Gasteiger partial charge >= 0.3 is 6.09 Å². The van der Waals surface area contributed by atoms with Crippen LogP contribution in [0.15, 0.2) is 35.7 Å². The molecular formula is C13H14N4O3S. The molecule has 0 bridgehead atoms. The largest absolute Gasteiger partial charge is 0.465 e. The van der Waals surface area contributed by atoms with Crippen molar-refractivity contribution in [2.24, 2.45) is 5.73 Å². The number of anilines is 1. The Labute approximate surface area is 124 Å². The first-order chi connectivity index (χ1) is 10.1. The van der Waals surface area contributed by atoms with Crippen LogP contribution in [-0.2, 0) is 4.79 Å². The maximum Gasteiger partial charge on any atom is 0.404 e. The number of carbonyl (C=O) groups excluding carboxylic acids is 1. The van der Waals surface area contributed by atoms with Crippen molar-refractivity contribution < 1.29 is 14.7 Å². The molecule has 0 saturated carbocycles. The van der Waals surface area contributed by atoms with Gasteiger partial charge < -0.3 is 21.5 Å². The molecule has 0 saturated heterocycles. The fourth-order valence-electron chi connectivity index (χ4n) is 1.56. The molecule has 7 nitrogen and oxygen atoms in total. The molecule has 0 aliphatic heterocycles. The summed E-state index contributed by atoms with van der Waals surface area (Å²) in [4.78, 5) is 26.4. The highest BCUT2D eigenvalue weighted by Gasteiger charge is 2.16. The highest BCUT2D eigenvalue weighted by Crippen LogP contribution is 2.24. The normalized spacial score (nSPS) is 11.7. The van der Waals surface area contributed by atoms with Crippen molar-refractivity contribution in [1.82, 2.24) is 10.3 Å². The standard InChI is InChI=1S/C13H14N4O3S/c14-9(6-15-13(19)20)11(18)17-12-16-10(7-21-12)8-4-2-1-3-5-8/h1-5,7,9,15H,6,14H2,(H,19,20)(H,16,17,18). The number of carboxylic acid groups (broad SMARTS) is 1. The Balaban J connectivity index is 1.96. The third-order valence-electron chi connectivity index (χ3n) is 2.61. The third-order valence-corrected chi connectivity index (χ3v) is 3.37. The van der Waals surface area contributed by atoms with Crippen LogP contribution in [-0.4, -0.2) is 34.7 Å². The Bertz CT molecular complexity index is 629. The number of nitrogens with zero attached hydrogens (tertiary/aromatic N) is 1. The summed E-state index contributed by atoms with van der Waals surface area (Å²) >= 11 is 1.28. The average Bonchev–Trinajstić information content (AvgIpc) is 2.94. The van der Waals surface area contributed by atoms with Gasteiger partial charge in [-0.2, -0.15) is 0 Å². The van der Waals surface area contributed by atoms with E-state index in [2.05, 4.69) is 15.6 Å². The molecule has 0 aliphatic rings. The summed E-state index contributed by atoms with van der Waals surface area (Å²) < 4.78 is 0. The van der Waals surface area contributed by atoms with Crippen LogP contribution in [0.1, 0.15) is 0 Å². The molecule has 0 radical (unpaired) electrons. The minimum Gasteiger partial charge on any atom is -0.465 e. The summed E-state index contributed by atoms with van der Waals surface area (Å²) in [6, 6.07) is 8.59. The molecule has 2 aromatic rings. The Morgan fingerprint density at radius 1 is 1.33 bits per heavy atom. The lowest BCUT2D eigenvalue weighted by atomic mass is 10.2. The van der Waals surface area contributed by atoms with Gasteiger partial charge in [0.15, 0.2) is 5.13 Å². The molecule has 5 N–H and O–H groups in total. The second-order valence-corrected chi connectivity index (χ2v) is 5.04. The highest BCUT2D eigenvalue weighted by atomic mass is 32.1. The van der Waals surface area contributed by atoms with Crippen molar-refractivity contribution in [3.05, 3.63) is 35.7 Å². The van der Waals surface area contributed by atoms with Crippen LogP contribution in [0.25, 0.3) is 11.3 Å². The number of thiazole rings is 1. The number of hydrogen-bond acceptors (Lipinski definition) is 5. The molecule has 1 heterocycles. The molecule has 8 heteroatoms. The zero-order chi connectivity index (χ0) is 15.2. The van der Waals surface area contributed by atoms with E-state index in [-0.39, 0.29) is 6.54 Å². The van der Waals surface area contributed by atoms with E-state index in [0.717, 1.165) is 11.3 Å². The minimum atomic E-state index is -1.22. The van der Waals surface area contributed by atoms with E-state index >= 15 is 0 Å². The first-order valence-electron chi connectivity index (χ1n) is 6.10. The van der Waals surface area contributed by atoms with Gasteiger partial charge in [0.25, 0.3) is 0 Å². The molecule has 2 amide bonds. The van der Waals surface area contributed by atoms with E-state index in [1.54, 1.807) is 0 Å². The Morgan fingerprint density at radius 3 is 2.71 bits per heavy atom. The molecule has 0 spiro atoms. The Morgan fingerprint density at radius 2 is 2.05 bits per heavy atom. The lowest BCUT2D eigenvalue weighted by molar-refractivity contribution is -0.117. The van der Waals surface area contributed by atoms with Gasteiger partial charge in [-0.1, -0.05) is 30.3 Å². The number of benzene rings is 1. The van der Waals surface area contributed by atoms with Gasteiger partial charge in [0, 0.05) is 17.5 Å². The second kappa shape index (κ2) is 6.82. The van der Waals surface area contributed by atoms with E-state index in [9.17, 15) is 9.59 Å². The van der Waals surface area contributed by atoms with Crippen molar-refractivity contribution in [3.63, 3.8) is 0 Å². The van der Waals surface area contributed by atoms with Crippen molar-refractivity contribution in [1.29, 1.82) is 0 Å². The lowest BCUT2D eigenvalue weighted by Gasteiger charge is -2.10. The van der Waals surface area contributed by atoms with Crippen LogP contribution in [0, 0.1) is 0 Å². The number of carbonyl (C=O) groups is 2. The van der Waals surface area contributed by atoms with Gasteiger partial charge in [0.1, 0.15) is 6.04 Å². The summed E-state index contributed by atoms with van der Waals surface area (Å²) in [7, 11) is 0. The van der Waals surface area contributed by atoms with Crippen LogP contribution in [0.3, 0.4) is 0 Å². The molecule has 110 valence electrons. The number of aromatic nitrogens is 1. The zero-order valence-electron chi connectivity index (χ0n) is 10.9. The fourth-order valence-corrected chi connectivity index (χ4v) is 2.28. The number of hydrogen-bond donors (Lipinski definition) is 4. The number of rotatable bonds is 5. The van der Waals surface area contributed by atoms with Crippen molar-refractivity contribution in [2.45, 2.75) is 6.04 Å². The lowest BCUT2D eigenvalue weighted by Crippen LogP contribution is -2.44. The van der Waals surface area contributed by atoms with Gasteiger partial charge in [-0.25, -0.2) is 9.78 Å². The fraction of sp³-hybridized carbons (Fsp3) is 0.154. The predicted molar refractivity (Wildman–Crippen MR) is 80.2 cm³/mol. The van der Waals surface area contributed by atoms with Crippen LogP contribution < -0.4 is 16.4 Å². The topological polar surface area (TPSA) is 117 Å². The van der Waals surface area contributed by atoms with Crippen LogP contribution in [0.2, 0.25) is 0 Å². The van der Waals surface area contributed by atoms with Gasteiger partial charge in [0.2, 0.25) is 5.91 Å². The highest BCUT2D eigenvalue weighted by molar-refractivity contribution is 7.14. The van der Waals surface area contributed by atoms with Crippen molar-refractivity contribution >= 4 is 28.5 Å². The summed E-state index contributed by atoms with van der Waals surface area (Å²) in [6.07, 6.45) is -1.22. The van der Waals surface area contributed by atoms with Crippen molar-refractivity contribution in [3.8, 4) is 11.3 Å². The number of nitrogens with one attached hydrogen (secondary N) is 2. The smallest absolute Gasteiger partial charge is 0.404 e. The first kappa shape index (κ1) is 14.9. The van der Waals surface area contributed by atoms with E-state index in [4.69, 9.17) is 10.8 Å². The van der Waals surface area contributed by atoms with Gasteiger partial charge in [-0.15, -0.1) is 11.3 Å². The molecule has 1 unspecified atom stereocenters. The second-order valence-electron chi connectivity index (χ2n) is 4.19. The molecular weight excluding hydrogens is 292 g/mol. The average molecular weight is 306 g/mol. The van der Waals surface area contributed by atoms with Crippen LogP contribution in [0.5, 0.6) is 0 Å². The molecule has 21 heavy (non-hydrogen) atoms. The van der Waals surface area contributed by atoms with Crippen molar-refractivity contribution in [2.75, 3.05) is 11.9 Å². The molecule has 1 atom stereocenters. The summed E-state index contributed by atoms with van der Waals surface area (Å²) in [5.41, 5.74) is 7.28. The third kappa shape index (κ3) is 4.26. The Kier molecular flexibility index (Phi) is 4.85. The van der Waals surface area contributed by atoms with E-state index in [0.29, 0.717) is 5.13 Å². The summed E-state index contributed by atoms with van der Waals surface area (Å²) in [5.74, 6) is -0.488. The summed E-state index contributed by atoms with van der Waals surface area (Å²) in [6.45, 7) is -0.155.